The van der Waals surface area contributed by atoms with Crippen molar-refractivity contribution >= 4 is 5.91 Å². The molecule has 1 saturated carbocycles. The SMILES string of the molecule is COc1nnc(-c2cc(C(N)=O)c(C)c(C3CCC3)c2)[nH]1. The van der Waals surface area contributed by atoms with E-state index in [1.165, 1.54) is 19.1 Å². The van der Waals surface area contributed by atoms with Crippen LogP contribution in [0.1, 0.15) is 46.7 Å². The van der Waals surface area contributed by atoms with Crippen molar-refractivity contribution in [2.75, 3.05) is 7.11 Å². The van der Waals surface area contributed by atoms with Crippen LogP contribution in [0, 0.1) is 6.92 Å². The number of benzene rings is 1. The Bertz CT molecular complexity index is 689. The number of methoxy groups -OCH3 is 1. The van der Waals surface area contributed by atoms with Crippen molar-refractivity contribution in [3.63, 3.8) is 0 Å². The molecule has 21 heavy (non-hydrogen) atoms. The summed E-state index contributed by atoms with van der Waals surface area (Å²) in [6.07, 6.45) is 3.54. The Balaban J connectivity index is 2.11. The third-order valence-corrected chi connectivity index (χ3v) is 4.19. The van der Waals surface area contributed by atoms with Crippen LogP contribution in [0.5, 0.6) is 6.01 Å². The number of hydrogen-bond donors (Lipinski definition) is 2. The number of aromatic nitrogens is 3. The van der Waals surface area contributed by atoms with Gasteiger partial charge in [-0.15, -0.1) is 5.10 Å². The highest BCUT2D eigenvalue weighted by molar-refractivity contribution is 5.96. The van der Waals surface area contributed by atoms with Crippen LogP contribution in [0.3, 0.4) is 0 Å². The van der Waals surface area contributed by atoms with Crippen LogP contribution in [0.15, 0.2) is 12.1 Å². The van der Waals surface area contributed by atoms with Crippen LogP contribution < -0.4 is 10.5 Å². The second-order valence-corrected chi connectivity index (χ2v) is 5.41. The zero-order valence-corrected chi connectivity index (χ0v) is 12.1. The number of amides is 1. The van der Waals surface area contributed by atoms with Crippen LogP contribution in [0.2, 0.25) is 0 Å². The number of carbonyl (C=O) groups excluding carboxylic acids is 1. The zero-order valence-electron chi connectivity index (χ0n) is 12.1. The van der Waals surface area contributed by atoms with E-state index < -0.39 is 5.91 Å². The van der Waals surface area contributed by atoms with Crippen LogP contribution >= 0.6 is 0 Å². The van der Waals surface area contributed by atoms with Gasteiger partial charge in [-0.25, -0.2) is 0 Å². The molecule has 1 aromatic carbocycles. The van der Waals surface area contributed by atoms with Gasteiger partial charge >= 0.3 is 6.01 Å². The molecule has 2 aromatic rings. The first-order valence-corrected chi connectivity index (χ1v) is 7.01. The summed E-state index contributed by atoms with van der Waals surface area (Å²) in [6.45, 7) is 1.96. The normalized spacial score (nSPS) is 14.8. The zero-order chi connectivity index (χ0) is 15.0. The predicted octanol–water partition coefficient (Wildman–Crippen LogP) is 2.16. The molecular formula is C15H18N4O2. The highest BCUT2D eigenvalue weighted by atomic mass is 16.5. The molecule has 0 atom stereocenters. The van der Waals surface area contributed by atoms with E-state index in [0.29, 0.717) is 23.3 Å². The number of primary amides is 1. The topological polar surface area (TPSA) is 93.9 Å². The first kappa shape index (κ1) is 13.6. The van der Waals surface area contributed by atoms with Gasteiger partial charge in [0.15, 0.2) is 5.82 Å². The summed E-state index contributed by atoms with van der Waals surface area (Å²) in [5, 5.41) is 7.92. The minimum atomic E-state index is -0.415. The number of H-pyrrole nitrogens is 1. The molecular weight excluding hydrogens is 268 g/mol. The van der Waals surface area contributed by atoms with Gasteiger partial charge in [-0.05, 0) is 48.9 Å². The Labute approximate surface area is 122 Å². The van der Waals surface area contributed by atoms with Gasteiger partial charge in [0.2, 0.25) is 5.91 Å². The Morgan fingerprint density at radius 3 is 2.67 bits per heavy atom. The van der Waals surface area contributed by atoms with Crippen molar-refractivity contribution in [3.05, 3.63) is 28.8 Å². The number of aromatic amines is 1. The van der Waals surface area contributed by atoms with E-state index in [0.717, 1.165) is 24.0 Å². The van der Waals surface area contributed by atoms with Crippen LogP contribution in [-0.2, 0) is 0 Å². The molecule has 1 amide bonds. The molecule has 0 unspecified atom stereocenters. The molecule has 6 heteroatoms. The van der Waals surface area contributed by atoms with Gasteiger partial charge in [0.25, 0.3) is 0 Å². The van der Waals surface area contributed by atoms with Gasteiger partial charge < -0.3 is 10.5 Å². The predicted molar refractivity (Wildman–Crippen MR) is 78.2 cm³/mol. The monoisotopic (exact) mass is 286 g/mol. The summed E-state index contributed by atoms with van der Waals surface area (Å²) < 4.78 is 5.01. The molecule has 0 aliphatic heterocycles. The van der Waals surface area contributed by atoms with Crippen LogP contribution in [0.4, 0.5) is 0 Å². The fourth-order valence-electron chi connectivity index (χ4n) is 2.74. The molecule has 0 bridgehead atoms. The minimum Gasteiger partial charge on any atom is -0.467 e. The maximum absolute atomic E-state index is 11.7. The summed E-state index contributed by atoms with van der Waals surface area (Å²) in [6, 6.07) is 4.18. The molecule has 0 saturated heterocycles. The van der Waals surface area contributed by atoms with E-state index in [4.69, 9.17) is 10.5 Å². The first-order valence-electron chi connectivity index (χ1n) is 7.01. The highest BCUT2D eigenvalue weighted by Gasteiger charge is 2.24. The molecule has 1 aliphatic carbocycles. The summed E-state index contributed by atoms with van der Waals surface area (Å²) in [4.78, 5) is 14.7. The fraction of sp³-hybridized carbons (Fsp3) is 0.400. The second-order valence-electron chi connectivity index (χ2n) is 5.41. The number of ether oxygens (including phenoxy) is 1. The Morgan fingerprint density at radius 1 is 1.38 bits per heavy atom. The molecule has 0 spiro atoms. The van der Waals surface area contributed by atoms with E-state index >= 15 is 0 Å². The van der Waals surface area contributed by atoms with Gasteiger partial charge in [0.1, 0.15) is 0 Å². The Kier molecular flexibility index (Phi) is 3.37. The van der Waals surface area contributed by atoms with Crippen LogP contribution in [-0.4, -0.2) is 28.2 Å². The average molecular weight is 286 g/mol. The lowest BCUT2D eigenvalue weighted by atomic mass is 9.77. The van der Waals surface area contributed by atoms with E-state index in [1.807, 2.05) is 6.92 Å². The number of nitrogens with two attached hydrogens (primary N) is 1. The molecule has 3 rings (SSSR count). The lowest BCUT2D eigenvalue weighted by Gasteiger charge is -2.28. The third kappa shape index (κ3) is 2.37. The van der Waals surface area contributed by atoms with Gasteiger partial charge in [0.05, 0.1) is 7.11 Å². The number of rotatable bonds is 4. The van der Waals surface area contributed by atoms with E-state index in [9.17, 15) is 4.79 Å². The summed E-state index contributed by atoms with van der Waals surface area (Å²) in [7, 11) is 1.52. The van der Waals surface area contributed by atoms with Gasteiger partial charge in [-0.3, -0.25) is 9.78 Å². The maximum atomic E-state index is 11.7. The number of hydrogen-bond acceptors (Lipinski definition) is 4. The maximum Gasteiger partial charge on any atom is 0.314 e. The van der Waals surface area contributed by atoms with Crippen LogP contribution in [0.25, 0.3) is 11.4 Å². The van der Waals surface area contributed by atoms with Crippen molar-refractivity contribution in [2.45, 2.75) is 32.1 Å². The molecule has 110 valence electrons. The van der Waals surface area contributed by atoms with Crippen molar-refractivity contribution in [1.82, 2.24) is 15.2 Å². The van der Waals surface area contributed by atoms with E-state index in [1.54, 1.807) is 6.07 Å². The first-order chi connectivity index (χ1) is 10.1. The van der Waals surface area contributed by atoms with Crippen molar-refractivity contribution in [2.24, 2.45) is 5.73 Å². The fourth-order valence-corrected chi connectivity index (χ4v) is 2.74. The molecule has 1 heterocycles. The molecule has 6 nitrogen and oxygen atoms in total. The van der Waals surface area contributed by atoms with Crippen molar-refractivity contribution < 1.29 is 9.53 Å². The number of nitrogens with one attached hydrogen (secondary N) is 1. The van der Waals surface area contributed by atoms with Crippen molar-refractivity contribution in [1.29, 1.82) is 0 Å². The largest absolute Gasteiger partial charge is 0.467 e. The molecule has 1 aromatic heterocycles. The molecule has 1 fully saturated rings. The smallest absolute Gasteiger partial charge is 0.314 e. The number of carbonyl (C=O) groups is 1. The summed E-state index contributed by atoms with van der Waals surface area (Å²) in [5.74, 6) is 0.671. The lowest BCUT2D eigenvalue weighted by Crippen LogP contribution is -2.17. The summed E-state index contributed by atoms with van der Waals surface area (Å²) in [5.41, 5.74) is 9.03. The number of nitrogens with zero attached hydrogens (tertiary/aromatic N) is 2. The average Bonchev–Trinajstić information content (AvgIpc) is 2.87. The molecule has 0 radical (unpaired) electrons. The standard InChI is InChI=1S/C15H18N4O2/c1-8-11(9-4-3-5-9)6-10(7-12(8)13(16)20)14-17-15(21-2)19-18-14/h6-7,9H,3-5H2,1-2H3,(H2,16,20)(H,17,18,19). The van der Waals surface area contributed by atoms with Crippen molar-refractivity contribution in [3.8, 4) is 17.4 Å². The molecule has 3 N–H and O–H groups in total. The quantitative estimate of drug-likeness (QED) is 0.900. The van der Waals surface area contributed by atoms with Gasteiger partial charge in [0, 0.05) is 11.1 Å². The molecule has 1 aliphatic rings. The van der Waals surface area contributed by atoms with Gasteiger partial charge in [-0.2, -0.15) is 0 Å². The van der Waals surface area contributed by atoms with Gasteiger partial charge in [-0.1, -0.05) is 11.5 Å². The third-order valence-electron chi connectivity index (χ3n) is 4.19. The second kappa shape index (κ2) is 5.20. The lowest BCUT2D eigenvalue weighted by molar-refractivity contribution is 0.0999. The minimum absolute atomic E-state index is 0.344. The van der Waals surface area contributed by atoms with E-state index in [-0.39, 0.29) is 0 Å². The summed E-state index contributed by atoms with van der Waals surface area (Å²) >= 11 is 0. The highest BCUT2D eigenvalue weighted by Crippen LogP contribution is 2.40. The van der Waals surface area contributed by atoms with E-state index in [2.05, 4.69) is 21.2 Å². The Hall–Kier alpha value is -2.37. The Morgan fingerprint density at radius 2 is 2.14 bits per heavy atom.